The van der Waals surface area contributed by atoms with E-state index in [0.29, 0.717) is 22.9 Å². The predicted octanol–water partition coefficient (Wildman–Crippen LogP) is 3.83. The fraction of sp³-hybridized carbons (Fsp3) is 0.0870. The Kier molecular flexibility index (Phi) is 7.19. The number of ether oxygens (including phenoxy) is 1. The van der Waals surface area contributed by atoms with E-state index in [-0.39, 0.29) is 5.70 Å². The summed E-state index contributed by atoms with van der Waals surface area (Å²) in [6.07, 6.45) is 4.90. The number of aromatic nitrogens is 1. The number of rotatable bonds is 7. The van der Waals surface area contributed by atoms with E-state index < -0.39 is 11.8 Å². The molecule has 3 rings (SSSR count). The standard InChI is InChI=1S/C23H20ClN3O3/c1-30-20-8-4-18(5-9-20)22(28)27-21(14-16-2-6-19(24)7-3-16)23(29)26-15-17-10-12-25-13-11-17/h2-14H,15H2,1H3,(H,26,29)(H,27,28)/b21-14+. The number of amides is 2. The van der Waals surface area contributed by atoms with E-state index in [1.54, 1.807) is 86.2 Å². The van der Waals surface area contributed by atoms with Gasteiger partial charge in [0.1, 0.15) is 11.4 Å². The minimum absolute atomic E-state index is 0.118. The Morgan fingerprint density at radius 1 is 1.00 bits per heavy atom. The molecule has 6 nitrogen and oxygen atoms in total. The van der Waals surface area contributed by atoms with Crippen molar-refractivity contribution in [2.75, 3.05) is 7.11 Å². The lowest BCUT2D eigenvalue weighted by molar-refractivity contribution is -0.117. The van der Waals surface area contributed by atoms with Gasteiger partial charge in [0.2, 0.25) is 0 Å². The molecule has 0 spiro atoms. The molecule has 0 saturated carbocycles. The first-order valence-electron chi connectivity index (χ1n) is 9.15. The van der Waals surface area contributed by atoms with Crippen LogP contribution in [0.1, 0.15) is 21.5 Å². The monoisotopic (exact) mass is 421 g/mol. The molecule has 0 aliphatic heterocycles. The molecule has 0 aliphatic rings. The lowest BCUT2D eigenvalue weighted by Crippen LogP contribution is -2.34. The minimum atomic E-state index is -0.413. The van der Waals surface area contributed by atoms with Gasteiger partial charge in [0.15, 0.2) is 0 Å². The quantitative estimate of drug-likeness (QED) is 0.568. The van der Waals surface area contributed by atoms with Crippen molar-refractivity contribution >= 4 is 29.5 Å². The van der Waals surface area contributed by atoms with Gasteiger partial charge in [-0.25, -0.2) is 0 Å². The van der Waals surface area contributed by atoms with Crippen molar-refractivity contribution in [2.24, 2.45) is 0 Å². The third kappa shape index (κ3) is 5.93. The molecule has 0 unspecified atom stereocenters. The summed E-state index contributed by atoms with van der Waals surface area (Å²) in [5, 5.41) is 6.09. The summed E-state index contributed by atoms with van der Waals surface area (Å²) in [6, 6.07) is 17.2. The Balaban J connectivity index is 1.79. The number of methoxy groups -OCH3 is 1. The number of halogens is 1. The van der Waals surface area contributed by atoms with Crippen LogP contribution in [0.4, 0.5) is 0 Å². The molecular formula is C23H20ClN3O3. The van der Waals surface area contributed by atoms with Gasteiger partial charge in [-0.3, -0.25) is 14.6 Å². The van der Waals surface area contributed by atoms with Gasteiger partial charge in [-0.05, 0) is 65.7 Å². The van der Waals surface area contributed by atoms with E-state index in [1.165, 1.54) is 0 Å². The number of carbonyl (C=O) groups excluding carboxylic acids is 2. The summed E-state index contributed by atoms with van der Waals surface area (Å²) in [4.78, 5) is 29.4. The van der Waals surface area contributed by atoms with Crippen LogP contribution in [0, 0.1) is 0 Å². The molecule has 0 bridgehead atoms. The second kappa shape index (κ2) is 10.2. The Morgan fingerprint density at radius 3 is 2.30 bits per heavy atom. The molecule has 0 radical (unpaired) electrons. The summed E-state index contributed by atoms with van der Waals surface area (Å²) in [5.74, 6) is -0.181. The summed E-state index contributed by atoms with van der Waals surface area (Å²) >= 11 is 5.93. The predicted molar refractivity (Wildman–Crippen MR) is 116 cm³/mol. The average molecular weight is 422 g/mol. The van der Waals surface area contributed by atoms with Crippen LogP contribution in [0.3, 0.4) is 0 Å². The second-order valence-electron chi connectivity index (χ2n) is 6.33. The molecule has 0 atom stereocenters. The van der Waals surface area contributed by atoms with Gasteiger partial charge in [-0.2, -0.15) is 0 Å². The summed E-state index contributed by atoms with van der Waals surface area (Å²) in [7, 11) is 1.55. The third-order valence-corrected chi connectivity index (χ3v) is 4.48. The number of hydrogen-bond donors (Lipinski definition) is 2. The molecule has 2 aromatic carbocycles. The van der Waals surface area contributed by atoms with E-state index in [0.717, 1.165) is 11.1 Å². The van der Waals surface area contributed by atoms with Gasteiger partial charge in [-0.1, -0.05) is 23.7 Å². The normalized spacial score (nSPS) is 10.9. The first-order chi connectivity index (χ1) is 14.5. The maximum absolute atomic E-state index is 12.8. The smallest absolute Gasteiger partial charge is 0.268 e. The second-order valence-corrected chi connectivity index (χ2v) is 6.77. The number of pyridine rings is 1. The van der Waals surface area contributed by atoms with Gasteiger partial charge in [0, 0.05) is 29.5 Å². The molecular weight excluding hydrogens is 402 g/mol. The van der Waals surface area contributed by atoms with Crippen LogP contribution >= 0.6 is 11.6 Å². The van der Waals surface area contributed by atoms with Crippen molar-refractivity contribution < 1.29 is 14.3 Å². The third-order valence-electron chi connectivity index (χ3n) is 4.23. The number of carbonyl (C=O) groups is 2. The molecule has 152 valence electrons. The average Bonchev–Trinajstić information content (AvgIpc) is 2.79. The van der Waals surface area contributed by atoms with Crippen molar-refractivity contribution in [3.05, 3.63) is 100 Å². The highest BCUT2D eigenvalue weighted by Gasteiger charge is 2.15. The van der Waals surface area contributed by atoms with Crippen LogP contribution in [0.5, 0.6) is 5.75 Å². The van der Waals surface area contributed by atoms with Gasteiger partial charge < -0.3 is 15.4 Å². The highest BCUT2D eigenvalue weighted by Crippen LogP contribution is 2.14. The molecule has 0 fully saturated rings. The number of nitrogens with one attached hydrogen (secondary N) is 2. The van der Waals surface area contributed by atoms with Gasteiger partial charge in [0.05, 0.1) is 7.11 Å². The van der Waals surface area contributed by atoms with Crippen molar-refractivity contribution in [2.45, 2.75) is 6.54 Å². The molecule has 1 heterocycles. The van der Waals surface area contributed by atoms with Crippen LogP contribution < -0.4 is 15.4 Å². The number of benzene rings is 2. The van der Waals surface area contributed by atoms with Crippen LogP contribution in [-0.4, -0.2) is 23.9 Å². The highest BCUT2D eigenvalue weighted by atomic mass is 35.5. The summed E-state index contributed by atoms with van der Waals surface area (Å²) in [5.41, 5.74) is 2.14. The Hall–Kier alpha value is -3.64. The van der Waals surface area contributed by atoms with Crippen LogP contribution in [0.25, 0.3) is 6.08 Å². The van der Waals surface area contributed by atoms with Crippen molar-refractivity contribution in [3.8, 4) is 5.75 Å². The topological polar surface area (TPSA) is 80.3 Å². The fourth-order valence-corrected chi connectivity index (χ4v) is 2.73. The molecule has 30 heavy (non-hydrogen) atoms. The van der Waals surface area contributed by atoms with Crippen molar-refractivity contribution in [3.63, 3.8) is 0 Å². The van der Waals surface area contributed by atoms with Crippen LogP contribution in [-0.2, 0) is 11.3 Å². The van der Waals surface area contributed by atoms with Gasteiger partial charge >= 0.3 is 0 Å². The summed E-state index contributed by atoms with van der Waals surface area (Å²) in [6.45, 7) is 0.303. The zero-order chi connectivity index (χ0) is 21.3. The van der Waals surface area contributed by atoms with E-state index in [4.69, 9.17) is 16.3 Å². The SMILES string of the molecule is COc1ccc(C(=O)N/C(=C/c2ccc(Cl)cc2)C(=O)NCc2ccncc2)cc1. The molecule has 2 amide bonds. The lowest BCUT2D eigenvalue weighted by atomic mass is 10.1. The molecule has 3 aromatic rings. The largest absolute Gasteiger partial charge is 0.497 e. The van der Waals surface area contributed by atoms with Crippen LogP contribution in [0.2, 0.25) is 5.02 Å². The maximum Gasteiger partial charge on any atom is 0.268 e. The Bertz CT molecular complexity index is 1030. The van der Waals surface area contributed by atoms with Gasteiger partial charge in [0.25, 0.3) is 11.8 Å². The zero-order valence-corrected chi connectivity index (χ0v) is 17.0. The lowest BCUT2D eigenvalue weighted by Gasteiger charge is -2.12. The molecule has 1 aromatic heterocycles. The first-order valence-corrected chi connectivity index (χ1v) is 9.53. The number of nitrogens with zero attached hydrogens (tertiary/aromatic N) is 1. The molecule has 7 heteroatoms. The minimum Gasteiger partial charge on any atom is -0.497 e. The number of hydrogen-bond acceptors (Lipinski definition) is 4. The van der Waals surface area contributed by atoms with E-state index in [9.17, 15) is 9.59 Å². The van der Waals surface area contributed by atoms with Crippen LogP contribution in [0.15, 0.2) is 78.8 Å². The summed E-state index contributed by atoms with van der Waals surface area (Å²) < 4.78 is 5.11. The van der Waals surface area contributed by atoms with E-state index >= 15 is 0 Å². The molecule has 2 N–H and O–H groups in total. The van der Waals surface area contributed by atoms with E-state index in [2.05, 4.69) is 15.6 Å². The molecule has 0 aliphatic carbocycles. The van der Waals surface area contributed by atoms with Crippen molar-refractivity contribution in [1.29, 1.82) is 0 Å². The Labute approximate surface area is 179 Å². The highest BCUT2D eigenvalue weighted by molar-refractivity contribution is 6.30. The maximum atomic E-state index is 12.8. The van der Waals surface area contributed by atoms with Crippen molar-refractivity contribution in [1.82, 2.24) is 15.6 Å². The Morgan fingerprint density at radius 2 is 1.67 bits per heavy atom. The fourth-order valence-electron chi connectivity index (χ4n) is 2.60. The first kappa shape index (κ1) is 21.1. The zero-order valence-electron chi connectivity index (χ0n) is 16.3. The van der Waals surface area contributed by atoms with Gasteiger partial charge in [-0.15, -0.1) is 0 Å². The van der Waals surface area contributed by atoms with E-state index in [1.807, 2.05) is 0 Å². The molecule has 0 saturated heterocycles.